The van der Waals surface area contributed by atoms with Crippen LogP contribution in [0.5, 0.6) is 5.75 Å². The number of nitrogens with one attached hydrogen (secondary N) is 1. The molecule has 0 spiro atoms. The zero-order valence-corrected chi connectivity index (χ0v) is 11.8. The molecule has 1 heterocycles. The molecule has 1 unspecified atom stereocenters. The molecule has 1 aromatic rings. The zero-order valence-electron chi connectivity index (χ0n) is 10.9. The molecular weight excluding hydrogens is 258 g/mol. The maximum atomic E-state index is 11.9. The van der Waals surface area contributed by atoms with Gasteiger partial charge >= 0.3 is 0 Å². The van der Waals surface area contributed by atoms with E-state index in [1.54, 1.807) is 0 Å². The topological polar surface area (TPSA) is 38.3 Å². The van der Waals surface area contributed by atoms with Crippen molar-refractivity contribution in [2.75, 3.05) is 12.3 Å². The van der Waals surface area contributed by atoms with Crippen molar-refractivity contribution in [3.05, 3.63) is 29.8 Å². The van der Waals surface area contributed by atoms with Crippen molar-refractivity contribution >= 4 is 18.5 Å². The molecule has 1 saturated carbocycles. The number of hydrogen-bond donors (Lipinski definition) is 2. The summed E-state index contributed by atoms with van der Waals surface area (Å²) in [6, 6.07) is 8.06. The molecule has 4 heteroatoms. The number of hydrogen-bond acceptors (Lipinski definition) is 3. The van der Waals surface area contributed by atoms with Crippen molar-refractivity contribution in [2.24, 2.45) is 5.41 Å². The fourth-order valence-corrected chi connectivity index (χ4v) is 2.99. The van der Waals surface area contributed by atoms with Crippen molar-refractivity contribution in [3.63, 3.8) is 0 Å². The summed E-state index contributed by atoms with van der Waals surface area (Å²) in [5.41, 5.74) is 1.42. The number of thiol groups is 1. The van der Waals surface area contributed by atoms with Gasteiger partial charge in [-0.05, 0) is 35.6 Å². The summed E-state index contributed by atoms with van der Waals surface area (Å²) in [4.78, 5) is 11.9. The molecule has 1 amide bonds. The summed E-state index contributed by atoms with van der Waals surface area (Å²) in [6.45, 7) is 0.593. The number of amides is 1. The minimum Gasteiger partial charge on any atom is -0.488 e. The Labute approximate surface area is 119 Å². The van der Waals surface area contributed by atoms with Gasteiger partial charge in [0.1, 0.15) is 11.9 Å². The molecule has 3 nitrogen and oxygen atoms in total. The Hall–Kier alpha value is -1.16. The van der Waals surface area contributed by atoms with Crippen molar-refractivity contribution in [1.29, 1.82) is 0 Å². The molecule has 19 heavy (non-hydrogen) atoms. The lowest BCUT2D eigenvalue weighted by Gasteiger charge is -2.14. The van der Waals surface area contributed by atoms with E-state index in [2.05, 4.69) is 24.0 Å². The van der Waals surface area contributed by atoms with Gasteiger partial charge in [0.25, 0.3) is 0 Å². The number of rotatable bonds is 5. The maximum absolute atomic E-state index is 11.9. The molecule has 102 valence electrons. The minimum atomic E-state index is 0.0764. The molecule has 1 aliphatic heterocycles. The third-order valence-electron chi connectivity index (χ3n) is 4.07. The second-order valence-corrected chi connectivity index (χ2v) is 6.01. The largest absolute Gasteiger partial charge is 0.488 e. The number of carbonyl (C=O) groups excluding carboxylic acids is 1. The Morgan fingerprint density at radius 3 is 2.89 bits per heavy atom. The van der Waals surface area contributed by atoms with Crippen molar-refractivity contribution < 1.29 is 9.53 Å². The zero-order chi connectivity index (χ0) is 13.3. The smallest absolute Gasteiger partial charge is 0.220 e. The third kappa shape index (κ3) is 2.89. The highest BCUT2D eigenvalue weighted by molar-refractivity contribution is 7.80. The minimum absolute atomic E-state index is 0.0764. The lowest BCUT2D eigenvalue weighted by molar-refractivity contribution is -0.122. The van der Waals surface area contributed by atoms with Gasteiger partial charge < -0.3 is 10.1 Å². The average molecular weight is 277 g/mol. The van der Waals surface area contributed by atoms with Gasteiger partial charge in [-0.2, -0.15) is 12.6 Å². The van der Waals surface area contributed by atoms with Crippen molar-refractivity contribution in [1.82, 2.24) is 5.32 Å². The molecule has 3 rings (SSSR count). The Morgan fingerprint density at radius 2 is 2.21 bits per heavy atom. The molecule has 1 aliphatic carbocycles. The predicted octanol–water partition coefficient (Wildman–Crippen LogP) is 2.21. The number of carbonyl (C=O) groups is 1. The van der Waals surface area contributed by atoms with E-state index in [1.807, 2.05) is 18.2 Å². The molecular formula is C15H19NO2S. The van der Waals surface area contributed by atoms with Crippen LogP contribution in [0.1, 0.15) is 24.8 Å². The van der Waals surface area contributed by atoms with Crippen LogP contribution in [0.4, 0.5) is 0 Å². The van der Waals surface area contributed by atoms with E-state index in [0.29, 0.717) is 13.0 Å². The van der Waals surface area contributed by atoms with Crippen molar-refractivity contribution in [2.45, 2.75) is 31.8 Å². The maximum Gasteiger partial charge on any atom is 0.220 e. The van der Waals surface area contributed by atoms with E-state index in [1.165, 1.54) is 5.56 Å². The van der Waals surface area contributed by atoms with Crippen LogP contribution in [0, 0.1) is 5.41 Å². The number of fused-ring (bicyclic) bond motifs is 1. The van der Waals surface area contributed by atoms with E-state index < -0.39 is 0 Å². The first-order valence-electron chi connectivity index (χ1n) is 6.83. The standard InChI is InChI=1S/C15H19NO2S/c17-14(8-15(10-19)5-6-15)16-9-12-7-11-3-1-2-4-13(11)18-12/h1-4,12,19H,5-10H2,(H,16,17). The second-order valence-electron chi connectivity index (χ2n) is 5.69. The fraction of sp³-hybridized carbons (Fsp3) is 0.533. The molecule has 0 saturated heterocycles. The number of benzene rings is 1. The molecule has 0 aromatic heterocycles. The highest BCUT2D eigenvalue weighted by atomic mass is 32.1. The summed E-state index contributed by atoms with van der Waals surface area (Å²) in [5.74, 6) is 1.90. The summed E-state index contributed by atoms with van der Waals surface area (Å²) in [7, 11) is 0. The first-order chi connectivity index (χ1) is 9.21. The normalized spacial score (nSPS) is 22.5. The van der Waals surface area contributed by atoms with Crippen LogP contribution in [0.3, 0.4) is 0 Å². The monoisotopic (exact) mass is 277 g/mol. The number of para-hydroxylation sites is 1. The lowest BCUT2D eigenvalue weighted by atomic mass is 10.0. The average Bonchev–Trinajstić information content (AvgIpc) is 3.06. The Morgan fingerprint density at radius 1 is 1.42 bits per heavy atom. The highest BCUT2D eigenvalue weighted by Gasteiger charge is 2.42. The first kappa shape index (κ1) is 12.9. The van der Waals surface area contributed by atoms with Gasteiger partial charge in [-0.3, -0.25) is 4.79 Å². The predicted molar refractivity (Wildman–Crippen MR) is 77.7 cm³/mol. The molecule has 1 N–H and O–H groups in total. The van der Waals surface area contributed by atoms with Gasteiger partial charge in [-0.15, -0.1) is 0 Å². The highest BCUT2D eigenvalue weighted by Crippen LogP contribution is 2.49. The van der Waals surface area contributed by atoms with E-state index in [-0.39, 0.29) is 17.4 Å². The van der Waals surface area contributed by atoms with Crippen molar-refractivity contribution in [3.8, 4) is 5.75 Å². The first-order valence-corrected chi connectivity index (χ1v) is 7.46. The van der Waals surface area contributed by atoms with Crippen LogP contribution >= 0.6 is 12.6 Å². The Bertz CT molecular complexity index is 460. The summed E-state index contributed by atoms with van der Waals surface area (Å²) < 4.78 is 5.80. The molecule has 1 aromatic carbocycles. The van der Waals surface area contributed by atoms with Crippen LogP contribution in [0.15, 0.2) is 24.3 Å². The summed E-state index contributed by atoms with van der Waals surface area (Å²) >= 11 is 4.32. The van der Waals surface area contributed by atoms with Crippen LogP contribution < -0.4 is 10.1 Å². The number of ether oxygens (including phenoxy) is 1. The van der Waals surface area contributed by atoms with Gasteiger partial charge in [0.2, 0.25) is 5.91 Å². The van der Waals surface area contributed by atoms with Crippen LogP contribution in [-0.2, 0) is 11.2 Å². The van der Waals surface area contributed by atoms with Crippen LogP contribution in [0.2, 0.25) is 0 Å². The van der Waals surface area contributed by atoms with Gasteiger partial charge in [0.05, 0.1) is 6.54 Å². The molecule has 0 radical (unpaired) electrons. The summed E-state index contributed by atoms with van der Waals surface area (Å²) in [5, 5.41) is 2.99. The Balaban J connectivity index is 1.45. The van der Waals surface area contributed by atoms with Crippen LogP contribution in [-0.4, -0.2) is 24.3 Å². The van der Waals surface area contributed by atoms with E-state index in [0.717, 1.165) is 30.8 Å². The molecule has 2 aliphatic rings. The Kier molecular flexibility index (Phi) is 3.44. The lowest BCUT2D eigenvalue weighted by Crippen LogP contribution is -2.35. The summed E-state index contributed by atoms with van der Waals surface area (Å²) in [6.07, 6.45) is 3.84. The molecule has 1 fully saturated rings. The fourth-order valence-electron chi connectivity index (χ4n) is 2.57. The van der Waals surface area contributed by atoms with Gasteiger partial charge in [-0.25, -0.2) is 0 Å². The quantitative estimate of drug-likeness (QED) is 0.810. The van der Waals surface area contributed by atoms with Gasteiger partial charge in [0.15, 0.2) is 0 Å². The van der Waals surface area contributed by atoms with E-state index in [4.69, 9.17) is 4.74 Å². The molecule has 0 bridgehead atoms. The third-order valence-corrected chi connectivity index (χ3v) is 4.74. The van der Waals surface area contributed by atoms with E-state index in [9.17, 15) is 4.79 Å². The van der Waals surface area contributed by atoms with Gasteiger partial charge in [0, 0.05) is 12.8 Å². The second kappa shape index (κ2) is 5.08. The molecule has 1 atom stereocenters. The SMILES string of the molecule is O=C(CC1(CS)CC1)NCC1Cc2ccccc2O1. The van der Waals surface area contributed by atoms with Gasteiger partial charge in [-0.1, -0.05) is 18.2 Å². The van der Waals surface area contributed by atoms with E-state index >= 15 is 0 Å². The van der Waals surface area contributed by atoms with Crippen LogP contribution in [0.25, 0.3) is 0 Å².